The Morgan fingerprint density at radius 3 is 2.42 bits per heavy atom. The molecule has 2 heteroatoms. The third kappa shape index (κ3) is 2.53. The van der Waals surface area contributed by atoms with E-state index in [1.165, 1.54) is 19.6 Å². The summed E-state index contributed by atoms with van der Waals surface area (Å²) >= 11 is 1.96. The van der Waals surface area contributed by atoms with E-state index < -0.39 is 0 Å². The van der Waals surface area contributed by atoms with Crippen LogP contribution in [0.3, 0.4) is 0 Å². The van der Waals surface area contributed by atoms with Gasteiger partial charge in [-0.05, 0) is 18.5 Å². The first-order chi connectivity index (χ1) is 5.77. The molecule has 0 bridgehead atoms. The van der Waals surface area contributed by atoms with E-state index >= 15 is 0 Å². The quantitative estimate of drug-likeness (QED) is 0.662. The van der Waals surface area contributed by atoms with Gasteiger partial charge in [0.05, 0.1) is 0 Å². The lowest BCUT2D eigenvalue weighted by atomic mass is 10.1. The minimum Gasteiger partial charge on any atom is -0.303 e. The van der Waals surface area contributed by atoms with Crippen LogP contribution >= 0.6 is 11.8 Å². The normalized spacial score (nSPS) is 28.7. The largest absolute Gasteiger partial charge is 0.303 e. The second-order valence-electron chi connectivity index (χ2n) is 3.32. The topological polar surface area (TPSA) is 3.24 Å². The summed E-state index contributed by atoms with van der Waals surface area (Å²) in [5, 5.41) is 3.03. The van der Waals surface area contributed by atoms with Crippen LogP contribution in [0.2, 0.25) is 0 Å². The Labute approximate surface area is 80.2 Å². The van der Waals surface area contributed by atoms with Crippen molar-refractivity contribution in [2.45, 2.75) is 26.0 Å². The Balaban J connectivity index is 2.33. The Bertz CT molecular complexity index is 152. The average molecular weight is 185 g/mol. The Kier molecular flexibility index (Phi) is 4.16. The number of rotatable bonds is 4. The van der Waals surface area contributed by atoms with E-state index in [2.05, 4.69) is 37.2 Å². The Morgan fingerprint density at radius 2 is 2.00 bits per heavy atom. The molecule has 2 unspecified atom stereocenters. The second-order valence-corrected chi connectivity index (χ2v) is 4.61. The summed E-state index contributed by atoms with van der Waals surface area (Å²) in [5.74, 6) is 0.773. The summed E-state index contributed by atoms with van der Waals surface area (Å²) in [6, 6.07) is 0. The van der Waals surface area contributed by atoms with Crippen molar-refractivity contribution < 1.29 is 0 Å². The third-order valence-corrected chi connectivity index (χ3v) is 3.68. The van der Waals surface area contributed by atoms with E-state index in [1.807, 2.05) is 11.8 Å². The van der Waals surface area contributed by atoms with Crippen molar-refractivity contribution in [3.05, 3.63) is 11.5 Å². The third-order valence-electron chi connectivity index (χ3n) is 2.59. The summed E-state index contributed by atoms with van der Waals surface area (Å²) in [6.45, 7) is 10.4. The van der Waals surface area contributed by atoms with Crippen molar-refractivity contribution in [3.63, 3.8) is 0 Å². The van der Waals surface area contributed by atoms with Crippen molar-refractivity contribution in [1.82, 2.24) is 4.90 Å². The van der Waals surface area contributed by atoms with E-state index in [-0.39, 0.29) is 0 Å². The molecule has 70 valence electrons. The first-order valence-electron chi connectivity index (χ1n) is 4.82. The zero-order chi connectivity index (χ0) is 8.97. The predicted molar refractivity (Wildman–Crippen MR) is 57.5 cm³/mol. The monoisotopic (exact) mass is 185 g/mol. The van der Waals surface area contributed by atoms with E-state index in [1.54, 1.807) is 0 Å². The van der Waals surface area contributed by atoms with Gasteiger partial charge in [-0.3, -0.25) is 0 Å². The zero-order valence-corrected chi connectivity index (χ0v) is 9.10. The fourth-order valence-corrected chi connectivity index (χ4v) is 2.44. The highest BCUT2D eigenvalue weighted by Gasteiger charge is 2.20. The maximum Gasteiger partial charge on any atom is 0.0135 e. The van der Waals surface area contributed by atoms with Gasteiger partial charge in [-0.15, -0.1) is 11.8 Å². The number of nitrogens with zero attached hydrogens (tertiary/aromatic N) is 1. The molecule has 0 aliphatic carbocycles. The molecule has 0 fully saturated rings. The van der Waals surface area contributed by atoms with Crippen LogP contribution in [0.4, 0.5) is 0 Å². The lowest BCUT2D eigenvalue weighted by molar-refractivity contribution is 0.274. The molecule has 0 saturated carbocycles. The van der Waals surface area contributed by atoms with Crippen LogP contribution in [0.25, 0.3) is 0 Å². The molecular formula is C10H19NS. The molecule has 1 rings (SSSR count). The first-order valence-corrected chi connectivity index (χ1v) is 5.76. The van der Waals surface area contributed by atoms with Gasteiger partial charge in [-0.25, -0.2) is 0 Å². The van der Waals surface area contributed by atoms with Crippen LogP contribution in [-0.4, -0.2) is 29.8 Å². The molecule has 0 spiro atoms. The van der Waals surface area contributed by atoms with Crippen molar-refractivity contribution in [2.75, 3.05) is 19.6 Å². The van der Waals surface area contributed by atoms with Crippen LogP contribution in [0.1, 0.15) is 20.8 Å². The highest BCUT2D eigenvalue weighted by atomic mass is 32.2. The summed E-state index contributed by atoms with van der Waals surface area (Å²) in [4.78, 5) is 2.50. The van der Waals surface area contributed by atoms with E-state index in [0.717, 1.165) is 11.2 Å². The lowest BCUT2D eigenvalue weighted by Crippen LogP contribution is -2.30. The molecule has 0 N–H and O–H groups in total. The maximum atomic E-state index is 2.50. The van der Waals surface area contributed by atoms with Gasteiger partial charge in [0.2, 0.25) is 0 Å². The summed E-state index contributed by atoms with van der Waals surface area (Å²) < 4.78 is 0. The van der Waals surface area contributed by atoms with Crippen molar-refractivity contribution in [2.24, 2.45) is 5.92 Å². The van der Waals surface area contributed by atoms with E-state index in [9.17, 15) is 0 Å². The van der Waals surface area contributed by atoms with Crippen LogP contribution in [0.5, 0.6) is 0 Å². The smallest absolute Gasteiger partial charge is 0.0135 e. The molecule has 1 aliphatic heterocycles. The molecule has 0 radical (unpaired) electrons. The van der Waals surface area contributed by atoms with Gasteiger partial charge in [0.15, 0.2) is 0 Å². The summed E-state index contributed by atoms with van der Waals surface area (Å²) in [7, 11) is 0. The van der Waals surface area contributed by atoms with Crippen LogP contribution < -0.4 is 0 Å². The van der Waals surface area contributed by atoms with Gasteiger partial charge in [0.25, 0.3) is 0 Å². The lowest BCUT2D eigenvalue weighted by Gasteiger charge is -2.23. The highest BCUT2D eigenvalue weighted by molar-refractivity contribution is 8.03. The molecule has 1 heterocycles. The van der Waals surface area contributed by atoms with Gasteiger partial charge in [-0.2, -0.15) is 0 Å². The second kappa shape index (κ2) is 4.93. The SMILES string of the molecule is CCN(CC)CC1C=CSC1C. The van der Waals surface area contributed by atoms with Crippen LogP contribution in [0.15, 0.2) is 11.5 Å². The van der Waals surface area contributed by atoms with Crippen molar-refractivity contribution in [1.29, 1.82) is 0 Å². The van der Waals surface area contributed by atoms with Crippen molar-refractivity contribution in [3.8, 4) is 0 Å². The van der Waals surface area contributed by atoms with E-state index in [4.69, 9.17) is 0 Å². The molecule has 2 atom stereocenters. The molecule has 1 aliphatic rings. The number of thioether (sulfide) groups is 1. The van der Waals surface area contributed by atoms with Crippen molar-refractivity contribution >= 4 is 11.8 Å². The number of hydrogen-bond acceptors (Lipinski definition) is 2. The van der Waals surface area contributed by atoms with Gasteiger partial charge in [0.1, 0.15) is 0 Å². The fraction of sp³-hybridized carbons (Fsp3) is 0.800. The first kappa shape index (κ1) is 10.1. The fourth-order valence-electron chi connectivity index (χ4n) is 1.52. The molecule has 12 heavy (non-hydrogen) atoms. The molecule has 0 aromatic carbocycles. The zero-order valence-electron chi connectivity index (χ0n) is 8.29. The van der Waals surface area contributed by atoms with Gasteiger partial charge >= 0.3 is 0 Å². The minimum absolute atomic E-state index is 0.773. The van der Waals surface area contributed by atoms with Gasteiger partial charge in [-0.1, -0.05) is 26.8 Å². The molecule has 0 amide bonds. The Morgan fingerprint density at radius 1 is 1.33 bits per heavy atom. The molecule has 0 saturated heterocycles. The van der Waals surface area contributed by atoms with Gasteiger partial charge in [0, 0.05) is 17.7 Å². The summed E-state index contributed by atoms with van der Waals surface area (Å²) in [6.07, 6.45) is 2.35. The molecule has 0 aromatic heterocycles. The molecule has 1 nitrogen and oxygen atoms in total. The predicted octanol–water partition coefficient (Wildman–Crippen LogP) is 2.59. The maximum absolute atomic E-state index is 2.50. The standard InChI is InChI=1S/C10H19NS/c1-4-11(5-2)8-10-6-7-12-9(10)3/h6-7,9-10H,4-5,8H2,1-3H3. The van der Waals surface area contributed by atoms with E-state index in [0.29, 0.717) is 0 Å². The van der Waals surface area contributed by atoms with Gasteiger partial charge < -0.3 is 4.90 Å². The molecule has 0 aromatic rings. The Hall–Kier alpha value is 0.0500. The highest BCUT2D eigenvalue weighted by Crippen LogP contribution is 2.29. The minimum atomic E-state index is 0.773. The average Bonchev–Trinajstić information content (AvgIpc) is 2.47. The summed E-state index contributed by atoms with van der Waals surface area (Å²) in [5.41, 5.74) is 0. The van der Waals surface area contributed by atoms with Crippen LogP contribution in [0, 0.1) is 5.92 Å². The molecular weight excluding hydrogens is 166 g/mol. The van der Waals surface area contributed by atoms with Crippen LogP contribution in [-0.2, 0) is 0 Å². The number of hydrogen-bond donors (Lipinski definition) is 0.